The lowest BCUT2D eigenvalue weighted by atomic mass is 9.85. The Morgan fingerprint density at radius 3 is 2.29 bits per heavy atom. The van der Waals surface area contributed by atoms with Gasteiger partial charge in [0.05, 0.1) is 5.25 Å². The molecule has 0 aliphatic heterocycles. The van der Waals surface area contributed by atoms with Crippen LogP contribution in [-0.2, 0) is 10.0 Å². The molecule has 0 bridgehead atoms. The first-order chi connectivity index (χ1) is 7.99. The summed E-state index contributed by atoms with van der Waals surface area (Å²) in [7, 11) is -1.38. The first-order valence-corrected chi connectivity index (χ1v) is 8.20. The molecule has 1 aliphatic carbocycles. The van der Waals surface area contributed by atoms with Crippen molar-refractivity contribution in [1.29, 1.82) is 0 Å². The van der Waals surface area contributed by atoms with Crippen molar-refractivity contribution in [2.24, 2.45) is 5.92 Å². The first-order valence-electron chi connectivity index (χ1n) is 6.65. The second-order valence-electron chi connectivity index (χ2n) is 5.16. The molecule has 0 heterocycles. The molecule has 1 fully saturated rings. The van der Waals surface area contributed by atoms with Gasteiger partial charge in [-0.2, -0.15) is 0 Å². The van der Waals surface area contributed by atoms with Crippen molar-refractivity contribution < 1.29 is 8.42 Å². The maximum atomic E-state index is 12.0. The molecule has 17 heavy (non-hydrogen) atoms. The van der Waals surface area contributed by atoms with Gasteiger partial charge in [-0.25, -0.2) is 13.1 Å². The molecule has 0 aromatic heterocycles. The smallest absolute Gasteiger partial charge is 0.215 e. The molecule has 0 aromatic carbocycles. The van der Waals surface area contributed by atoms with Gasteiger partial charge in [0.2, 0.25) is 10.0 Å². The quantitative estimate of drug-likeness (QED) is 0.762. The third-order valence-corrected chi connectivity index (χ3v) is 5.66. The van der Waals surface area contributed by atoms with Crippen molar-refractivity contribution in [2.75, 3.05) is 13.6 Å². The maximum absolute atomic E-state index is 12.0. The number of hydrogen-bond acceptors (Lipinski definition) is 3. The summed E-state index contributed by atoms with van der Waals surface area (Å²) in [4.78, 5) is 0. The van der Waals surface area contributed by atoms with Crippen LogP contribution in [0.25, 0.3) is 0 Å². The van der Waals surface area contributed by atoms with Crippen molar-refractivity contribution in [2.45, 2.75) is 57.2 Å². The highest BCUT2D eigenvalue weighted by molar-refractivity contribution is 7.90. The third kappa shape index (κ3) is 4.56. The van der Waals surface area contributed by atoms with Gasteiger partial charge in [0.1, 0.15) is 0 Å². The van der Waals surface area contributed by atoms with Crippen LogP contribution in [0.2, 0.25) is 0 Å². The normalized spacial score (nSPS) is 27.9. The maximum Gasteiger partial charge on any atom is 0.215 e. The molecule has 1 atom stereocenters. The lowest BCUT2D eigenvalue weighted by Gasteiger charge is -2.29. The molecule has 0 amide bonds. The van der Waals surface area contributed by atoms with E-state index in [0.29, 0.717) is 6.54 Å². The van der Waals surface area contributed by atoms with Crippen molar-refractivity contribution in [3.63, 3.8) is 0 Å². The Morgan fingerprint density at radius 1 is 1.24 bits per heavy atom. The fraction of sp³-hybridized carbons (Fsp3) is 1.00. The molecule has 0 saturated heterocycles. The van der Waals surface area contributed by atoms with E-state index in [-0.39, 0.29) is 11.3 Å². The van der Waals surface area contributed by atoms with E-state index in [1.54, 1.807) is 14.0 Å². The molecule has 1 saturated carbocycles. The van der Waals surface area contributed by atoms with Gasteiger partial charge in [-0.05, 0) is 45.6 Å². The lowest BCUT2D eigenvalue weighted by molar-refractivity contribution is 0.306. The fourth-order valence-electron chi connectivity index (χ4n) is 2.43. The van der Waals surface area contributed by atoms with Gasteiger partial charge in [0.25, 0.3) is 0 Å². The Bertz CT molecular complexity index is 308. The first kappa shape index (κ1) is 14.9. The standard InChI is InChI=1S/C12H26N2O2S/c1-4-11-5-7-12(8-6-11)14-17(15,16)10(2)9-13-3/h10-14H,4-9H2,1-3H3. The summed E-state index contributed by atoms with van der Waals surface area (Å²) in [5.41, 5.74) is 0. The van der Waals surface area contributed by atoms with Crippen LogP contribution in [0.4, 0.5) is 0 Å². The number of hydrogen-bond donors (Lipinski definition) is 2. The minimum atomic E-state index is -3.16. The Balaban J connectivity index is 2.44. The van der Waals surface area contributed by atoms with E-state index in [0.717, 1.165) is 31.6 Å². The zero-order chi connectivity index (χ0) is 12.9. The topological polar surface area (TPSA) is 58.2 Å². The SMILES string of the molecule is CCC1CCC(NS(=O)(=O)C(C)CNC)CC1. The summed E-state index contributed by atoms with van der Waals surface area (Å²) in [6.45, 7) is 4.46. The van der Waals surface area contributed by atoms with E-state index in [1.807, 2.05) is 0 Å². The van der Waals surface area contributed by atoms with Gasteiger partial charge in [-0.15, -0.1) is 0 Å². The molecular weight excluding hydrogens is 236 g/mol. The summed E-state index contributed by atoms with van der Waals surface area (Å²) in [6.07, 6.45) is 5.51. The highest BCUT2D eigenvalue weighted by Crippen LogP contribution is 2.26. The van der Waals surface area contributed by atoms with Crippen LogP contribution in [0.5, 0.6) is 0 Å². The van der Waals surface area contributed by atoms with Gasteiger partial charge in [-0.3, -0.25) is 0 Å². The van der Waals surface area contributed by atoms with E-state index < -0.39 is 10.0 Å². The molecule has 1 rings (SSSR count). The summed E-state index contributed by atoms with van der Waals surface area (Å²) in [6, 6.07) is 0.155. The van der Waals surface area contributed by atoms with Crippen molar-refractivity contribution in [3.8, 4) is 0 Å². The van der Waals surface area contributed by atoms with Crippen LogP contribution in [0.3, 0.4) is 0 Å². The number of nitrogens with one attached hydrogen (secondary N) is 2. The molecule has 0 radical (unpaired) electrons. The van der Waals surface area contributed by atoms with E-state index in [9.17, 15) is 8.42 Å². The molecule has 102 valence electrons. The molecule has 4 nitrogen and oxygen atoms in total. The highest BCUT2D eigenvalue weighted by atomic mass is 32.2. The van der Waals surface area contributed by atoms with E-state index in [1.165, 1.54) is 6.42 Å². The monoisotopic (exact) mass is 262 g/mol. The molecule has 1 aliphatic rings. The Hall–Kier alpha value is -0.130. The number of sulfonamides is 1. The van der Waals surface area contributed by atoms with Gasteiger partial charge in [-0.1, -0.05) is 13.3 Å². The zero-order valence-electron chi connectivity index (χ0n) is 11.2. The van der Waals surface area contributed by atoms with Crippen LogP contribution in [0.1, 0.15) is 46.0 Å². The molecular formula is C12H26N2O2S. The van der Waals surface area contributed by atoms with E-state index >= 15 is 0 Å². The molecule has 0 spiro atoms. The molecule has 0 aromatic rings. The predicted molar refractivity (Wildman–Crippen MR) is 71.5 cm³/mol. The zero-order valence-corrected chi connectivity index (χ0v) is 12.0. The minimum Gasteiger partial charge on any atom is -0.318 e. The van der Waals surface area contributed by atoms with Crippen molar-refractivity contribution >= 4 is 10.0 Å². The predicted octanol–water partition coefficient (Wildman–Crippen LogP) is 1.48. The average Bonchev–Trinajstić information content (AvgIpc) is 2.30. The fourth-order valence-corrected chi connectivity index (χ4v) is 3.75. The molecule has 1 unspecified atom stereocenters. The molecule has 5 heteroatoms. The van der Waals surface area contributed by atoms with Crippen LogP contribution in [0.15, 0.2) is 0 Å². The van der Waals surface area contributed by atoms with Crippen molar-refractivity contribution in [1.82, 2.24) is 10.0 Å². The second kappa shape index (κ2) is 6.71. The van der Waals surface area contributed by atoms with Crippen LogP contribution < -0.4 is 10.0 Å². The average molecular weight is 262 g/mol. The summed E-state index contributed by atoms with van der Waals surface area (Å²) >= 11 is 0. The van der Waals surface area contributed by atoms with Crippen LogP contribution >= 0.6 is 0 Å². The Labute approximate surface area is 106 Å². The van der Waals surface area contributed by atoms with Gasteiger partial charge >= 0.3 is 0 Å². The Kier molecular flexibility index (Phi) is 5.89. The third-order valence-electron chi connectivity index (χ3n) is 3.78. The van der Waals surface area contributed by atoms with Crippen molar-refractivity contribution in [3.05, 3.63) is 0 Å². The lowest BCUT2D eigenvalue weighted by Crippen LogP contribution is -2.44. The summed E-state index contributed by atoms with van der Waals surface area (Å²) in [5, 5.41) is 2.54. The van der Waals surface area contributed by atoms with E-state index in [4.69, 9.17) is 0 Å². The summed E-state index contributed by atoms with van der Waals surface area (Å²) < 4.78 is 26.8. The van der Waals surface area contributed by atoms with Gasteiger partial charge < -0.3 is 5.32 Å². The second-order valence-corrected chi connectivity index (χ2v) is 7.29. The summed E-state index contributed by atoms with van der Waals surface area (Å²) in [5.74, 6) is 0.797. The minimum absolute atomic E-state index is 0.155. The number of rotatable bonds is 6. The highest BCUT2D eigenvalue weighted by Gasteiger charge is 2.27. The van der Waals surface area contributed by atoms with Crippen LogP contribution in [0, 0.1) is 5.92 Å². The molecule has 2 N–H and O–H groups in total. The van der Waals surface area contributed by atoms with Crippen LogP contribution in [-0.4, -0.2) is 33.3 Å². The van der Waals surface area contributed by atoms with Gasteiger partial charge in [0.15, 0.2) is 0 Å². The largest absolute Gasteiger partial charge is 0.318 e. The Morgan fingerprint density at radius 2 is 1.82 bits per heavy atom. The van der Waals surface area contributed by atoms with Gasteiger partial charge in [0, 0.05) is 12.6 Å². The van der Waals surface area contributed by atoms with E-state index in [2.05, 4.69) is 17.0 Å².